The molecule has 2 heterocycles. The van der Waals surface area contributed by atoms with E-state index in [0.29, 0.717) is 19.5 Å². The van der Waals surface area contributed by atoms with E-state index in [-0.39, 0.29) is 5.91 Å². The number of nitrogens with zero attached hydrogens (tertiary/aromatic N) is 1. The molecule has 0 aliphatic heterocycles. The lowest BCUT2D eigenvalue weighted by atomic mass is 10.1. The third kappa shape index (κ3) is 4.86. The maximum atomic E-state index is 12.7. The van der Waals surface area contributed by atoms with Gasteiger partial charge in [-0.15, -0.1) is 0 Å². The van der Waals surface area contributed by atoms with Gasteiger partial charge in [0.1, 0.15) is 11.5 Å². The van der Waals surface area contributed by atoms with Crippen LogP contribution >= 0.6 is 0 Å². The van der Waals surface area contributed by atoms with Crippen LogP contribution in [0.5, 0.6) is 0 Å². The maximum Gasteiger partial charge on any atom is 0.223 e. The first-order valence-electron chi connectivity index (χ1n) is 8.65. The molecule has 25 heavy (non-hydrogen) atoms. The predicted octanol–water partition coefficient (Wildman–Crippen LogP) is 4.60. The van der Waals surface area contributed by atoms with Crippen molar-refractivity contribution in [3.8, 4) is 0 Å². The van der Waals surface area contributed by atoms with E-state index in [2.05, 4.69) is 31.2 Å². The Bertz CT molecular complexity index is 722. The molecule has 0 N–H and O–H groups in total. The molecule has 3 aromatic rings. The van der Waals surface area contributed by atoms with Crippen LogP contribution in [0, 0.1) is 0 Å². The number of benzene rings is 1. The normalized spacial score (nSPS) is 10.8. The first-order chi connectivity index (χ1) is 12.2. The van der Waals surface area contributed by atoms with Gasteiger partial charge in [0.15, 0.2) is 0 Å². The SMILES string of the molecule is CCc1ccc(CCC(=O)N(Cc2ccco2)Cc2ccco2)cc1. The zero-order valence-corrected chi connectivity index (χ0v) is 14.5. The van der Waals surface area contributed by atoms with Crippen molar-refractivity contribution in [2.75, 3.05) is 0 Å². The van der Waals surface area contributed by atoms with E-state index < -0.39 is 0 Å². The van der Waals surface area contributed by atoms with Crippen LogP contribution < -0.4 is 0 Å². The molecule has 130 valence electrons. The first-order valence-corrected chi connectivity index (χ1v) is 8.65. The van der Waals surface area contributed by atoms with E-state index in [9.17, 15) is 4.79 Å². The zero-order valence-electron chi connectivity index (χ0n) is 14.5. The Balaban J connectivity index is 1.62. The fourth-order valence-electron chi connectivity index (χ4n) is 2.76. The standard InChI is InChI=1S/C21H23NO3/c1-2-17-7-9-18(10-8-17)11-12-21(23)22(15-19-5-3-13-24-19)16-20-6-4-14-25-20/h3-10,13-14H,2,11-12,15-16H2,1H3. The minimum absolute atomic E-state index is 0.0902. The summed E-state index contributed by atoms with van der Waals surface area (Å²) in [4.78, 5) is 14.5. The molecule has 4 heteroatoms. The van der Waals surface area contributed by atoms with Gasteiger partial charge in [-0.05, 0) is 48.2 Å². The molecule has 2 aromatic heterocycles. The molecule has 0 radical (unpaired) electrons. The summed E-state index contributed by atoms with van der Waals surface area (Å²) in [6.07, 6.45) is 5.47. The number of aryl methyl sites for hydroxylation is 2. The molecule has 0 fully saturated rings. The summed E-state index contributed by atoms with van der Waals surface area (Å²) >= 11 is 0. The molecule has 0 aliphatic rings. The highest BCUT2D eigenvalue weighted by Gasteiger charge is 2.17. The van der Waals surface area contributed by atoms with Crippen molar-refractivity contribution in [3.63, 3.8) is 0 Å². The lowest BCUT2D eigenvalue weighted by molar-refractivity contribution is -0.133. The Labute approximate surface area is 148 Å². The van der Waals surface area contributed by atoms with E-state index >= 15 is 0 Å². The van der Waals surface area contributed by atoms with Crippen LogP contribution in [0.25, 0.3) is 0 Å². The van der Waals surface area contributed by atoms with Gasteiger partial charge in [0.2, 0.25) is 5.91 Å². The molecule has 0 aliphatic carbocycles. The third-order valence-corrected chi connectivity index (χ3v) is 4.27. The third-order valence-electron chi connectivity index (χ3n) is 4.27. The number of amides is 1. The Morgan fingerprint density at radius 1 is 0.880 bits per heavy atom. The van der Waals surface area contributed by atoms with E-state index in [4.69, 9.17) is 8.83 Å². The van der Waals surface area contributed by atoms with Crippen molar-refractivity contribution in [1.82, 2.24) is 4.90 Å². The van der Waals surface area contributed by atoms with Crippen LogP contribution in [0.4, 0.5) is 0 Å². The fourth-order valence-corrected chi connectivity index (χ4v) is 2.76. The topological polar surface area (TPSA) is 46.6 Å². The highest BCUT2D eigenvalue weighted by Crippen LogP contribution is 2.14. The number of rotatable bonds is 8. The van der Waals surface area contributed by atoms with Crippen LogP contribution in [0.1, 0.15) is 36.0 Å². The fraction of sp³-hybridized carbons (Fsp3) is 0.286. The molecule has 0 spiro atoms. The van der Waals surface area contributed by atoms with Gasteiger partial charge in [-0.25, -0.2) is 0 Å². The molecule has 0 unspecified atom stereocenters. The van der Waals surface area contributed by atoms with Gasteiger partial charge in [0, 0.05) is 6.42 Å². The number of hydrogen-bond acceptors (Lipinski definition) is 3. The zero-order chi connectivity index (χ0) is 17.5. The molecule has 0 bridgehead atoms. The molecule has 0 saturated heterocycles. The number of carbonyl (C=O) groups is 1. The van der Waals surface area contributed by atoms with Gasteiger partial charge in [-0.3, -0.25) is 4.79 Å². The monoisotopic (exact) mass is 337 g/mol. The van der Waals surface area contributed by atoms with Gasteiger partial charge in [0.25, 0.3) is 0 Å². The summed E-state index contributed by atoms with van der Waals surface area (Å²) in [5.74, 6) is 1.63. The molecule has 1 aromatic carbocycles. The Morgan fingerprint density at radius 3 is 1.92 bits per heavy atom. The largest absolute Gasteiger partial charge is 0.467 e. The van der Waals surface area contributed by atoms with E-state index in [1.54, 1.807) is 17.4 Å². The van der Waals surface area contributed by atoms with Crippen LogP contribution in [-0.4, -0.2) is 10.8 Å². The average molecular weight is 337 g/mol. The quantitative estimate of drug-likeness (QED) is 0.603. The molecule has 4 nitrogen and oxygen atoms in total. The van der Waals surface area contributed by atoms with Crippen LogP contribution in [0.3, 0.4) is 0 Å². The van der Waals surface area contributed by atoms with Crippen molar-refractivity contribution in [1.29, 1.82) is 0 Å². The molecule has 0 atom stereocenters. The Morgan fingerprint density at radius 2 is 1.44 bits per heavy atom. The van der Waals surface area contributed by atoms with Gasteiger partial charge < -0.3 is 13.7 Å². The van der Waals surface area contributed by atoms with Crippen LogP contribution in [0.15, 0.2) is 69.9 Å². The highest BCUT2D eigenvalue weighted by molar-refractivity contribution is 5.76. The van der Waals surface area contributed by atoms with E-state index in [1.165, 1.54) is 11.1 Å². The van der Waals surface area contributed by atoms with E-state index in [0.717, 1.165) is 24.4 Å². The van der Waals surface area contributed by atoms with Gasteiger partial charge in [-0.2, -0.15) is 0 Å². The van der Waals surface area contributed by atoms with E-state index in [1.807, 2.05) is 24.3 Å². The average Bonchev–Trinajstić information content (AvgIpc) is 3.33. The van der Waals surface area contributed by atoms with Crippen molar-refractivity contribution >= 4 is 5.91 Å². The Kier molecular flexibility index (Phi) is 5.73. The molecule has 3 rings (SSSR count). The second-order valence-corrected chi connectivity index (χ2v) is 6.08. The summed E-state index contributed by atoms with van der Waals surface area (Å²) in [5, 5.41) is 0. The summed E-state index contributed by atoms with van der Waals surface area (Å²) in [7, 11) is 0. The van der Waals surface area contributed by atoms with Gasteiger partial charge in [0.05, 0.1) is 25.6 Å². The summed E-state index contributed by atoms with van der Waals surface area (Å²) < 4.78 is 10.8. The molecule has 0 saturated carbocycles. The minimum atomic E-state index is 0.0902. The highest BCUT2D eigenvalue weighted by atomic mass is 16.3. The lowest BCUT2D eigenvalue weighted by Crippen LogP contribution is -2.30. The summed E-state index contributed by atoms with van der Waals surface area (Å²) in [6, 6.07) is 15.9. The lowest BCUT2D eigenvalue weighted by Gasteiger charge is -2.20. The minimum Gasteiger partial charge on any atom is -0.467 e. The number of carbonyl (C=O) groups excluding carboxylic acids is 1. The molecular weight excluding hydrogens is 314 g/mol. The van der Waals surface area contributed by atoms with Crippen LogP contribution in [-0.2, 0) is 30.7 Å². The van der Waals surface area contributed by atoms with Crippen molar-refractivity contribution in [2.24, 2.45) is 0 Å². The molecular formula is C21H23NO3. The predicted molar refractivity (Wildman–Crippen MR) is 95.8 cm³/mol. The van der Waals surface area contributed by atoms with Gasteiger partial charge >= 0.3 is 0 Å². The summed E-state index contributed by atoms with van der Waals surface area (Å²) in [5.41, 5.74) is 2.49. The second kappa shape index (κ2) is 8.38. The smallest absolute Gasteiger partial charge is 0.223 e. The Hall–Kier alpha value is -2.75. The first kappa shape index (κ1) is 17.1. The van der Waals surface area contributed by atoms with Crippen molar-refractivity contribution < 1.29 is 13.6 Å². The summed E-state index contributed by atoms with van der Waals surface area (Å²) in [6.45, 7) is 3.03. The van der Waals surface area contributed by atoms with Gasteiger partial charge in [-0.1, -0.05) is 31.2 Å². The van der Waals surface area contributed by atoms with Crippen molar-refractivity contribution in [2.45, 2.75) is 39.3 Å². The number of furan rings is 2. The maximum absolute atomic E-state index is 12.7. The van der Waals surface area contributed by atoms with Crippen LogP contribution in [0.2, 0.25) is 0 Å². The molecule has 1 amide bonds. The van der Waals surface area contributed by atoms with Crippen molar-refractivity contribution in [3.05, 3.63) is 83.7 Å². The number of hydrogen-bond donors (Lipinski definition) is 0. The second-order valence-electron chi connectivity index (χ2n) is 6.08.